The molecule has 10 nitrogen and oxygen atoms in total. The van der Waals surface area contributed by atoms with Crippen molar-refractivity contribution in [3.8, 4) is 0 Å². The van der Waals surface area contributed by atoms with Gasteiger partial charge in [-0.1, -0.05) is 12.1 Å². The first-order valence-corrected chi connectivity index (χ1v) is 19.1. The molecular formula is C37H25F8NO9S2. The zero-order chi connectivity index (χ0) is 42.6. The van der Waals surface area contributed by atoms with Crippen LogP contribution >= 0.6 is 0 Å². The quantitative estimate of drug-likeness (QED) is 0.171. The number of hydrogen-bond acceptors (Lipinski definition) is 7. The average molecular weight is 844 g/mol. The van der Waals surface area contributed by atoms with Crippen LogP contribution in [0.3, 0.4) is 0 Å². The second-order valence-corrected chi connectivity index (χ2v) is 16.3. The SMILES string of the molecule is Cc1c(C2=CS(=O)(=O)c3cc(C(F)(F)F)ccc32)c2cc(F)ccc2n1CC(=O)O.Cc1ccc(C(=O)O)c(F)c1.O=C1CS(=O)(=O)c2cc(C(F)(F)F)ccc21. The van der Waals surface area contributed by atoms with E-state index in [2.05, 4.69) is 0 Å². The van der Waals surface area contributed by atoms with Crippen molar-refractivity contribution in [3.05, 3.63) is 134 Å². The summed E-state index contributed by atoms with van der Waals surface area (Å²) in [5, 5.41) is 18.7. The van der Waals surface area contributed by atoms with Crippen LogP contribution < -0.4 is 0 Å². The number of aliphatic carboxylic acids is 1. The molecule has 3 heterocycles. The third-order valence-corrected chi connectivity index (χ3v) is 11.8. The molecule has 4 aromatic carbocycles. The number of aromatic carboxylic acids is 1. The highest BCUT2D eigenvalue weighted by Crippen LogP contribution is 2.44. The van der Waals surface area contributed by atoms with Gasteiger partial charge in [0.05, 0.1) is 26.5 Å². The summed E-state index contributed by atoms with van der Waals surface area (Å²) in [5.74, 6) is -5.10. The van der Waals surface area contributed by atoms with Gasteiger partial charge in [0, 0.05) is 44.3 Å². The van der Waals surface area contributed by atoms with Crippen LogP contribution in [0.25, 0.3) is 16.5 Å². The van der Waals surface area contributed by atoms with Gasteiger partial charge in [-0.05, 0) is 80.1 Å². The average Bonchev–Trinajstić information content (AvgIpc) is 3.60. The standard InChI is InChI=1S/C20H13F4NO4S.C9H5F3O3S.C8H7FO2/c1-10-19(14-7-12(21)3-5-16(14)25(10)8-18(26)27)15-9-30(28,29)17-6-11(20(22,23)24)2-4-13(15)17;10-9(11,12)5-1-2-6-7(13)4-16(14,15)8(6)3-5;1-5-2-3-6(8(10)11)7(9)4-5/h2-7,9H,8H2,1H3,(H,26,27);1-3H,4H2;2-4H,1H3,(H,10,11). The van der Waals surface area contributed by atoms with Crippen LogP contribution in [0.1, 0.15) is 54.2 Å². The highest BCUT2D eigenvalue weighted by molar-refractivity contribution is 7.95. The summed E-state index contributed by atoms with van der Waals surface area (Å²) in [7, 11) is -8.06. The number of carboxylic acid groups (broad SMARTS) is 2. The number of Topliss-reactive ketones (excluding diaryl/α,β-unsaturated/α-hetero) is 1. The van der Waals surface area contributed by atoms with Gasteiger partial charge in [-0.3, -0.25) is 9.59 Å². The molecule has 0 amide bonds. The lowest BCUT2D eigenvalue weighted by Gasteiger charge is -2.10. The Hall–Kier alpha value is -5.89. The van der Waals surface area contributed by atoms with Gasteiger partial charge < -0.3 is 14.8 Å². The number of aryl methyl sites for hydroxylation is 1. The topological polar surface area (TPSA) is 165 Å². The lowest BCUT2D eigenvalue weighted by molar-refractivity contribution is -0.138. The van der Waals surface area contributed by atoms with Gasteiger partial charge in [0.2, 0.25) is 9.84 Å². The van der Waals surface area contributed by atoms with Crippen molar-refractivity contribution in [1.82, 2.24) is 4.57 Å². The fourth-order valence-electron chi connectivity index (χ4n) is 6.07. The minimum absolute atomic E-state index is 0.0461. The molecule has 0 saturated carbocycles. The van der Waals surface area contributed by atoms with E-state index in [9.17, 15) is 71.4 Å². The first kappa shape index (κ1) is 42.3. The van der Waals surface area contributed by atoms with Crippen LogP contribution in [-0.4, -0.2) is 55.1 Å². The van der Waals surface area contributed by atoms with E-state index in [0.717, 1.165) is 35.7 Å². The Morgan fingerprint density at radius 2 is 1.33 bits per heavy atom. The molecule has 20 heteroatoms. The molecule has 0 aliphatic carbocycles. The van der Waals surface area contributed by atoms with Gasteiger partial charge in [-0.15, -0.1) is 0 Å². The van der Waals surface area contributed by atoms with Gasteiger partial charge >= 0.3 is 24.3 Å². The van der Waals surface area contributed by atoms with Crippen molar-refractivity contribution in [2.75, 3.05) is 5.75 Å². The molecule has 1 aromatic heterocycles. The maximum atomic E-state index is 14.0. The van der Waals surface area contributed by atoms with E-state index in [1.807, 2.05) is 0 Å². The summed E-state index contributed by atoms with van der Waals surface area (Å²) >= 11 is 0. The third kappa shape index (κ3) is 8.60. The number of rotatable bonds is 4. The normalized spacial score (nSPS) is 15.1. The lowest BCUT2D eigenvalue weighted by Crippen LogP contribution is -2.10. The van der Waals surface area contributed by atoms with E-state index in [-0.39, 0.29) is 33.2 Å². The zero-order valence-corrected chi connectivity index (χ0v) is 30.6. The Labute approximate surface area is 317 Å². The van der Waals surface area contributed by atoms with Gasteiger partial charge in [0.25, 0.3) is 0 Å². The monoisotopic (exact) mass is 843 g/mol. The third-order valence-electron chi connectivity index (χ3n) is 8.65. The Kier molecular flexibility index (Phi) is 11.0. The molecule has 0 bridgehead atoms. The van der Waals surface area contributed by atoms with Crippen molar-refractivity contribution < 1.29 is 76.6 Å². The molecular weight excluding hydrogens is 819 g/mol. The molecule has 0 spiro atoms. The number of halogens is 8. The van der Waals surface area contributed by atoms with Gasteiger partial charge in [0.1, 0.15) is 23.9 Å². The predicted octanol–water partition coefficient (Wildman–Crippen LogP) is 7.88. The first-order chi connectivity index (χ1) is 26.2. The molecule has 0 atom stereocenters. The number of ketones is 1. The summed E-state index contributed by atoms with van der Waals surface area (Å²) in [6, 6.07) is 12.2. The Balaban J connectivity index is 0.000000191. The van der Waals surface area contributed by atoms with Crippen molar-refractivity contribution in [3.63, 3.8) is 0 Å². The second kappa shape index (κ2) is 14.9. The Morgan fingerprint density at radius 3 is 1.88 bits per heavy atom. The minimum atomic E-state index is -4.72. The summed E-state index contributed by atoms with van der Waals surface area (Å²) < 4.78 is 152. The van der Waals surface area contributed by atoms with E-state index >= 15 is 0 Å². The highest BCUT2D eigenvalue weighted by atomic mass is 32.2. The van der Waals surface area contributed by atoms with E-state index in [4.69, 9.17) is 5.11 Å². The zero-order valence-electron chi connectivity index (χ0n) is 29.0. The van der Waals surface area contributed by atoms with Crippen LogP contribution in [-0.2, 0) is 43.4 Å². The molecule has 0 unspecified atom stereocenters. The summed E-state index contributed by atoms with van der Waals surface area (Å²) in [6.07, 6.45) is -9.33. The molecule has 0 saturated heterocycles. The fraction of sp³-hybridized carbons (Fsp3) is 0.162. The summed E-state index contributed by atoms with van der Waals surface area (Å²) in [6.45, 7) is 2.80. The van der Waals surface area contributed by atoms with Crippen LogP contribution in [0.15, 0.2) is 88.0 Å². The minimum Gasteiger partial charge on any atom is -0.480 e. The van der Waals surface area contributed by atoms with E-state index in [1.54, 1.807) is 19.9 Å². The van der Waals surface area contributed by atoms with Gasteiger partial charge in [0.15, 0.2) is 15.6 Å². The molecule has 2 N–H and O–H groups in total. The van der Waals surface area contributed by atoms with Crippen LogP contribution in [0.5, 0.6) is 0 Å². The Morgan fingerprint density at radius 1 is 0.754 bits per heavy atom. The number of nitrogens with zero attached hydrogens (tertiary/aromatic N) is 1. The smallest absolute Gasteiger partial charge is 0.416 e. The molecule has 2 aliphatic rings. The number of sulfone groups is 2. The maximum absolute atomic E-state index is 14.0. The highest BCUT2D eigenvalue weighted by Gasteiger charge is 2.39. The molecule has 7 rings (SSSR count). The molecule has 5 aromatic rings. The number of carboxylic acids is 2. The number of fused-ring (bicyclic) bond motifs is 3. The van der Waals surface area contributed by atoms with Crippen LogP contribution in [0.2, 0.25) is 0 Å². The van der Waals surface area contributed by atoms with Crippen LogP contribution in [0.4, 0.5) is 35.1 Å². The first-order valence-electron chi connectivity index (χ1n) is 15.9. The van der Waals surface area contributed by atoms with Gasteiger partial charge in [-0.25, -0.2) is 30.4 Å². The number of hydrogen-bond donors (Lipinski definition) is 2. The molecule has 0 radical (unpaired) electrons. The largest absolute Gasteiger partial charge is 0.480 e. The Bertz CT molecular complexity index is 2770. The molecule has 0 fully saturated rings. The van der Waals surface area contributed by atoms with Crippen molar-refractivity contribution in [2.24, 2.45) is 0 Å². The molecule has 300 valence electrons. The molecule has 57 heavy (non-hydrogen) atoms. The van der Waals surface area contributed by atoms with Crippen molar-refractivity contribution in [1.29, 1.82) is 0 Å². The number of alkyl halides is 6. The summed E-state index contributed by atoms with van der Waals surface area (Å²) in [4.78, 5) is 31.7. The van der Waals surface area contributed by atoms with Crippen LogP contribution in [0, 0.1) is 25.5 Å². The van der Waals surface area contributed by atoms with E-state index in [0.29, 0.717) is 35.0 Å². The van der Waals surface area contributed by atoms with Gasteiger partial charge in [-0.2, -0.15) is 26.3 Å². The number of benzene rings is 4. The number of aromatic nitrogens is 1. The fourth-order valence-corrected chi connectivity index (χ4v) is 9.01. The number of carbonyl (C=O) groups is 3. The van der Waals surface area contributed by atoms with Crippen molar-refractivity contribution in [2.45, 2.75) is 42.5 Å². The summed E-state index contributed by atoms with van der Waals surface area (Å²) in [5.41, 5.74) is -0.776. The van der Waals surface area contributed by atoms with Crippen molar-refractivity contribution >= 4 is 53.9 Å². The molecule has 2 aliphatic heterocycles. The predicted molar refractivity (Wildman–Crippen MR) is 186 cm³/mol. The maximum Gasteiger partial charge on any atom is 0.416 e. The number of carbonyl (C=O) groups excluding carboxylic acids is 1. The van der Waals surface area contributed by atoms with E-state index < -0.39 is 94.6 Å². The van der Waals surface area contributed by atoms with E-state index in [1.165, 1.54) is 22.8 Å². The second-order valence-electron chi connectivity index (χ2n) is 12.6. The lowest BCUT2D eigenvalue weighted by atomic mass is 9.96.